The molecule has 0 aliphatic carbocycles. The number of halogens is 1. The number of hydrogen-bond donors (Lipinski definition) is 1. The lowest BCUT2D eigenvalue weighted by molar-refractivity contribution is 0.745. The van der Waals surface area contributed by atoms with E-state index in [4.69, 9.17) is 11.6 Å². The number of nitrogens with zero attached hydrogens (tertiary/aromatic N) is 2. The molecule has 0 amide bonds. The lowest BCUT2D eigenvalue weighted by Crippen LogP contribution is -2.09. The number of rotatable bonds is 3. The number of aromatic nitrogens is 2. The summed E-state index contributed by atoms with van der Waals surface area (Å²) in [6.45, 7) is 5.10. The van der Waals surface area contributed by atoms with Gasteiger partial charge in [0.15, 0.2) is 10.1 Å². The van der Waals surface area contributed by atoms with E-state index in [9.17, 15) is 0 Å². The second kappa shape index (κ2) is 4.12. The highest BCUT2D eigenvalue weighted by Crippen LogP contribution is 2.28. The molecule has 15 heavy (non-hydrogen) atoms. The van der Waals surface area contributed by atoms with Gasteiger partial charge in [-0.1, -0.05) is 25.4 Å². The maximum Gasteiger partial charge on any atom is 0.195 e. The third-order valence-electron chi connectivity index (χ3n) is 2.37. The summed E-state index contributed by atoms with van der Waals surface area (Å²) in [5, 5.41) is 5.88. The van der Waals surface area contributed by atoms with Gasteiger partial charge in [0.05, 0.1) is 5.69 Å². The molecule has 2 heterocycles. The Morgan fingerprint density at radius 1 is 1.60 bits per heavy atom. The highest BCUT2D eigenvalue weighted by Gasteiger charge is 2.15. The normalized spacial score (nSPS) is 11.8. The molecule has 2 aromatic heterocycles. The minimum absolute atomic E-state index is 0.486. The molecule has 0 atom stereocenters. The molecule has 0 radical (unpaired) electrons. The summed E-state index contributed by atoms with van der Waals surface area (Å²) in [7, 11) is 1.91. The van der Waals surface area contributed by atoms with E-state index in [0.717, 1.165) is 17.2 Å². The van der Waals surface area contributed by atoms with E-state index in [0.29, 0.717) is 11.1 Å². The molecule has 2 rings (SSSR count). The van der Waals surface area contributed by atoms with Gasteiger partial charge in [0.25, 0.3) is 0 Å². The van der Waals surface area contributed by atoms with Crippen molar-refractivity contribution in [2.75, 3.05) is 7.05 Å². The summed E-state index contributed by atoms with van der Waals surface area (Å²) in [5.74, 6) is 0.486. The zero-order valence-electron chi connectivity index (χ0n) is 9.04. The van der Waals surface area contributed by atoms with Crippen molar-refractivity contribution in [2.45, 2.75) is 26.3 Å². The van der Waals surface area contributed by atoms with Crippen LogP contribution in [0.5, 0.6) is 0 Å². The minimum atomic E-state index is 0.486. The lowest BCUT2D eigenvalue weighted by atomic mass is 10.1. The second-order valence-electron chi connectivity index (χ2n) is 3.81. The molecule has 0 aliphatic heterocycles. The number of nitrogens with one attached hydrogen (secondary N) is 1. The molecule has 82 valence electrons. The summed E-state index contributed by atoms with van der Waals surface area (Å²) < 4.78 is 2.16. The molecule has 0 saturated heterocycles. The van der Waals surface area contributed by atoms with Gasteiger partial charge in [-0.25, -0.2) is 4.98 Å². The van der Waals surface area contributed by atoms with Crippen molar-refractivity contribution in [3.63, 3.8) is 0 Å². The molecule has 0 aliphatic rings. The molecular weight excluding hydrogens is 230 g/mol. The molecule has 1 N–H and O–H groups in total. The Balaban J connectivity index is 2.64. The number of fused-ring (bicyclic) bond motifs is 1. The summed E-state index contributed by atoms with van der Waals surface area (Å²) in [5.41, 5.74) is 2.33. The third-order valence-corrected chi connectivity index (χ3v) is 3.52. The van der Waals surface area contributed by atoms with Gasteiger partial charge in [-0.15, -0.1) is 11.3 Å². The van der Waals surface area contributed by atoms with Crippen molar-refractivity contribution in [3.8, 4) is 0 Å². The first-order valence-electron chi connectivity index (χ1n) is 4.94. The molecule has 2 aromatic rings. The van der Waals surface area contributed by atoms with Crippen LogP contribution in [0.25, 0.3) is 4.96 Å². The van der Waals surface area contributed by atoms with Crippen molar-refractivity contribution >= 4 is 27.9 Å². The average Bonchev–Trinajstić information content (AvgIpc) is 2.68. The van der Waals surface area contributed by atoms with Crippen LogP contribution in [0.2, 0.25) is 5.15 Å². The van der Waals surface area contributed by atoms with E-state index in [2.05, 4.69) is 33.9 Å². The highest BCUT2D eigenvalue weighted by molar-refractivity contribution is 7.15. The molecule has 3 nitrogen and oxygen atoms in total. The minimum Gasteiger partial charge on any atom is -0.314 e. The van der Waals surface area contributed by atoms with Crippen LogP contribution in [-0.4, -0.2) is 16.4 Å². The van der Waals surface area contributed by atoms with Gasteiger partial charge in [0.2, 0.25) is 0 Å². The van der Waals surface area contributed by atoms with E-state index in [-0.39, 0.29) is 0 Å². The first-order valence-corrected chi connectivity index (χ1v) is 6.19. The van der Waals surface area contributed by atoms with Crippen molar-refractivity contribution in [1.82, 2.24) is 14.7 Å². The molecular formula is C10H14ClN3S. The molecule has 0 bridgehead atoms. The summed E-state index contributed by atoms with van der Waals surface area (Å²) in [6, 6.07) is 0. The monoisotopic (exact) mass is 243 g/mol. The molecule has 0 aromatic carbocycles. The maximum atomic E-state index is 6.10. The third kappa shape index (κ3) is 1.77. The molecule has 5 heteroatoms. The van der Waals surface area contributed by atoms with Gasteiger partial charge in [0.1, 0.15) is 0 Å². The summed E-state index contributed by atoms with van der Waals surface area (Å²) in [6.07, 6.45) is 0. The molecule has 0 saturated carbocycles. The van der Waals surface area contributed by atoms with Gasteiger partial charge in [-0.05, 0) is 13.0 Å². The zero-order chi connectivity index (χ0) is 11.0. The van der Waals surface area contributed by atoms with Crippen LogP contribution >= 0.6 is 22.9 Å². The Bertz CT molecular complexity index is 472. The first-order chi connectivity index (χ1) is 7.15. The smallest absolute Gasteiger partial charge is 0.195 e. The van der Waals surface area contributed by atoms with Gasteiger partial charge in [-0.3, -0.25) is 4.40 Å². The van der Waals surface area contributed by atoms with Crippen LogP contribution < -0.4 is 5.32 Å². The van der Waals surface area contributed by atoms with E-state index in [1.807, 2.05) is 7.05 Å². The van der Waals surface area contributed by atoms with Crippen molar-refractivity contribution in [3.05, 3.63) is 21.9 Å². The fourth-order valence-corrected chi connectivity index (χ4v) is 2.98. The molecule has 0 fully saturated rings. The van der Waals surface area contributed by atoms with E-state index in [1.54, 1.807) is 11.3 Å². The number of thiazole rings is 1. The maximum absolute atomic E-state index is 6.10. The van der Waals surface area contributed by atoms with Crippen molar-refractivity contribution in [2.24, 2.45) is 0 Å². The van der Waals surface area contributed by atoms with Gasteiger partial charge in [-0.2, -0.15) is 0 Å². The highest BCUT2D eigenvalue weighted by atomic mass is 35.5. The van der Waals surface area contributed by atoms with Crippen LogP contribution in [0, 0.1) is 0 Å². The van der Waals surface area contributed by atoms with Crippen molar-refractivity contribution < 1.29 is 0 Å². The summed E-state index contributed by atoms with van der Waals surface area (Å²) in [4.78, 5) is 5.32. The van der Waals surface area contributed by atoms with Crippen LogP contribution in [0.4, 0.5) is 0 Å². The Kier molecular flexibility index (Phi) is 3.00. The topological polar surface area (TPSA) is 29.3 Å². The average molecular weight is 244 g/mol. The predicted molar refractivity (Wildman–Crippen MR) is 64.9 cm³/mol. The molecule has 0 spiro atoms. The van der Waals surface area contributed by atoms with Crippen LogP contribution in [0.1, 0.15) is 31.2 Å². The van der Waals surface area contributed by atoms with E-state index >= 15 is 0 Å². The SMILES string of the molecule is CNCc1c(Cl)nc2scc(C(C)C)n12. The largest absolute Gasteiger partial charge is 0.314 e. The number of imidazole rings is 1. The standard InChI is InChI=1S/C10H14ClN3S/c1-6(2)8-5-15-10-13-9(11)7(4-12-3)14(8)10/h5-6,12H,4H2,1-3H3. The predicted octanol–water partition coefficient (Wildman–Crippen LogP) is 2.89. The first kappa shape index (κ1) is 10.9. The fraction of sp³-hybridized carbons (Fsp3) is 0.500. The van der Waals surface area contributed by atoms with Crippen molar-refractivity contribution in [1.29, 1.82) is 0 Å². The fourth-order valence-electron chi connectivity index (χ4n) is 1.63. The Morgan fingerprint density at radius 3 is 2.93 bits per heavy atom. The molecule has 0 unspecified atom stereocenters. The van der Waals surface area contributed by atoms with Gasteiger partial charge in [0, 0.05) is 17.6 Å². The Morgan fingerprint density at radius 2 is 2.33 bits per heavy atom. The van der Waals surface area contributed by atoms with E-state index < -0.39 is 0 Å². The van der Waals surface area contributed by atoms with Gasteiger partial charge >= 0.3 is 0 Å². The summed E-state index contributed by atoms with van der Waals surface area (Å²) >= 11 is 7.74. The zero-order valence-corrected chi connectivity index (χ0v) is 10.6. The van der Waals surface area contributed by atoms with Gasteiger partial charge < -0.3 is 5.32 Å². The van der Waals surface area contributed by atoms with Crippen LogP contribution in [-0.2, 0) is 6.54 Å². The Hall–Kier alpha value is -0.580. The number of hydrogen-bond acceptors (Lipinski definition) is 3. The second-order valence-corrected chi connectivity index (χ2v) is 5.01. The van der Waals surface area contributed by atoms with E-state index in [1.165, 1.54) is 5.69 Å². The quantitative estimate of drug-likeness (QED) is 0.898. The lowest BCUT2D eigenvalue weighted by Gasteiger charge is -2.06. The van der Waals surface area contributed by atoms with Crippen LogP contribution in [0.15, 0.2) is 5.38 Å². The Labute approximate surface area is 98.1 Å². The van der Waals surface area contributed by atoms with Crippen LogP contribution in [0.3, 0.4) is 0 Å².